The van der Waals surface area contributed by atoms with Crippen molar-refractivity contribution in [3.05, 3.63) is 35.4 Å². The van der Waals surface area contributed by atoms with Gasteiger partial charge in [0.1, 0.15) is 0 Å². The van der Waals surface area contributed by atoms with Crippen molar-refractivity contribution in [1.29, 1.82) is 0 Å². The fraction of sp³-hybridized carbons (Fsp3) is 0.696. The number of nitrogens with zero attached hydrogens (tertiary/aromatic N) is 3. The van der Waals surface area contributed by atoms with Crippen molar-refractivity contribution in [3.8, 4) is 0 Å². The number of aryl methyl sites for hydroxylation is 1. The summed E-state index contributed by atoms with van der Waals surface area (Å²) in [6.07, 6.45) is 4.50. The first kappa shape index (κ1) is 21.3. The quantitative estimate of drug-likeness (QED) is 0.721. The minimum Gasteiger partial charge on any atom is -0.383 e. The number of likely N-dealkylation sites (tertiary alicyclic amines) is 2. The summed E-state index contributed by atoms with van der Waals surface area (Å²) >= 11 is 0. The molecule has 0 bridgehead atoms. The van der Waals surface area contributed by atoms with Gasteiger partial charge in [-0.15, -0.1) is 0 Å². The molecule has 2 aliphatic rings. The van der Waals surface area contributed by atoms with E-state index in [0.29, 0.717) is 25.1 Å². The molecule has 1 amide bonds. The summed E-state index contributed by atoms with van der Waals surface area (Å²) in [7, 11) is 3.58. The third-order valence-electron chi connectivity index (χ3n) is 6.61. The molecule has 2 heterocycles. The lowest BCUT2D eigenvalue weighted by molar-refractivity contribution is -0.136. The smallest absolute Gasteiger partial charge is 0.225 e. The van der Waals surface area contributed by atoms with Crippen LogP contribution in [0.25, 0.3) is 0 Å². The van der Waals surface area contributed by atoms with E-state index in [2.05, 4.69) is 41.0 Å². The Labute approximate surface area is 170 Å². The highest BCUT2D eigenvalue weighted by Gasteiger charge is 2.31. The molecule has 5 nitrogen and oxygen atoms in total. The first-order valence-electron chi connectivity index (χ1n) is 10.8. The summed E-state index contributed by atoms with van der Waals surface area (Å²) in [4.78, 5) is 19.7. The highest BCUT2D eigenvalue weighted by molar-refractivity contribution is 5.78. The first-order valence-corrected chi connectivity index (χ1v) is 10.8. The molecule has 28 heavy (non-hydrogen) atoms. The second-order valence-electron chi connectivity index (χ2n) is 8.50. The lowest BCUT2D eigenvalue weighted by atomic mass is 9.92. The highest BCUT2D eigenvalue weighted by Crippen LogP contribution is 2.25. The van der Waals surface area contributed by atoms with Crippen molar-refractivity contribution in [2.75, 3.05) is 53.5 Å². The number of likely N-dealkylation sites (N-methyl/N-ethyl adjacent to an activating group) is 1. The van der Waals surface area contributed by atoms with Crippen molar-refractivity contribution < 1.29 is 9.53 Å². The largest absolute Gasteiger partial charge is 0.383 e. The number of amides is 1. The van der Waals surface area contributed by atoms with Crippen molar-refractivity contribution in [3.63, 3.8) is 0 Å². The van der Waals surface area contributed by atoms with E-state index < -0.39 is 0 Å². The van der Waals surface area contributed by atoms with Crippen LogP contribution < -0.4 is 0 Å². The van der Waals surface area contributed by atoms with E-state index >= 15 is 0 Å². The minimum atomic E-state index is 0.194. The molecule has 0 aliphatic carbocycles. The number of hydrogen-bond acceptors (Lipinski definition) is 4. The Morgan fingerprint density at radius 1 is 1.11 bits per heavy atom. The molecule has 2 saturated heterocycles. The van der Waals surface area contributed by atoms with Gasteiger partial charge >= 0.3 is 0 Å². The molecule has 0 atom stereocenters. The van der Waals surface area contributed by atoms with Gasteiger partial charge in [0.15, 0.2) is 0 Å². The van der Waals surface area contributed by atoms with Gasteiger partial charge in [-0.2, -0.15) is 0 Å². The van der Waals surface area contributed by atoms with Crippen LogP contribution in [-0.4, -0.2) is 80.1 Å². The molecule has 5 heteroatoms. The summed E-state index contributed by atoms with van der Waals surface area (Å²) in [5.41, 5.74) is 2.85. The fourth-order valence-electron chi connectivity index (χ4n) is 4.63. The van der Waals surface area contributed by atoms with Crippen LogP contribution in [0.5, 0.6) is 0 Å². The van der Waals surface area contributed by atoms with E-state index in [9.17, 15) is 4.79 Å². The summed E-state index contributed by atoms with van der Waals surface area (Å²) in [5.74, 6) is 0.490. The number of rotatable bonds is 7. The number of hydrogen-bond donors (Lipinski definition) is 0. The Balaban J connectivity index is 1.40. The van der Waals surface area contributed by atoms with E-state index in [1.807, 2.05) is 11.9 Å². The number of benzene rings is 1. The molecule has 1 aromatic rings. The van der Waals surface area contributed by atoms with Crippen LogP contribution in [0.15, 0.2) is 24.3 Å². The summed E-state index contributed by atoms with van der Waals surface area (Å²) in [5, 5.41) is 0. The second kappa shape index (κ2) is 10.4. The van der Waals surface area contributed by atoms with Gasteiger partial charge in [0.05, 0.1) is 6.61 Å². The van der Waals surface area contributed by atoms with Crippen LogP contribution in [0.1, 0.15) is 36.8 Å². The fourth-order valence-corrected chi connectivity index (χ4v) is 4.63. The van der Waals surface area contributed by atoms with Gasteiger partial charge in [-0.05, 0) is 69.9 Å². The predicted octanol–water partition coefficient (Wildman–Crippen LogP) is 2.78. The maximum atomic E-state index is 12.6. The van der Waals surface area contributed by atoms with Gasteiger partial charge in [-0.25, -0.2) is 0 Å². The predicted molar refractivity (Wildman–Crippen MR) is 113 cm³/mol. The average molecular weight is 388 g/mol. The number of piperidine rings is 2. The molecule has 3 rings (SSSR count). The summed E-state index contributed by atoms with van der Waals surface area (Å²) in [6.45, 7) is 9.07. The van der Waals surface area contributed by atoms with Crippen LogP contribution in [0, 0.1) is 12.8 Å². The number of carbonyl (C=O) groups is 1. The van der Waals surface area contributed by atoms with E-state index in [4.69, 9.17) is 4.74 Å². The van der Waals surface area contributed by atoms with Crippen molar-refractivity contribution >= 4 is 5.91 Å². The lowest BCUT2D eigenvalue weighted by Gasteiger charge is -2.42. The Morgan fingerprint density at radius 2 is 1.79 bits per heavy atom. The molecule has 2 aliphatic heterocycles. The van der Waals surface area contributed by atoms with Crippen LogP contribution in [-0.2, 0) is 16.1 Å². The summed E-state index contributed by atoms with van der Waals surface area (Å²) < 4.78 is 5.09. The van der Waals surface area contributed by atoms with E-state index in [-0.39, 0.29) is 5.92 Å². The lowest BCUT2D eigenvalue weighted by Crippen LogP contribution is -2.49. The zero-order valence-corrected chi connectivity index (χ0v) is 17.9. The molecular weight excluding hydrogens is 350 g/mol. The topological polar surface area (TPSA) is 36.0 Å². The number of methoxy groups -OCH3 is 1. The normalized spacial score (nSPS) is 20.4. The monoisotopic (exact) mass is 387 g/mol. The Kier molecular flexibility index (Phi) is 7.89. The number of ether oxygens (including phenoxy) is 1. The molecule has 0 aromatic heterocycles. The van der Waals surface area contributed by atoms with E-state index in [1.54, 1.807) is 7.11 Å². The van der Waals surface area contributed by atoms with Gasteiger partial charge < -0.3 is 14.5 Å². The molecule has 0 radical (unpaired) electrons. The second-order valence-corrected chi connectivity index (χ2v) is 8.50. The standard InChI is InChI=1S/C23H37N3O2/c1-19-6-4-5-7-21(19)18-25-12-10-22(11-13-25)26-14-8-20(9-15-26)23(27)24(2)16-17-28-3/h4-7,20,22H,8-18H2,1-3H3. The van der Waals surface area contributed by atoms with Gasteiger partial charge in [0, 0.05) is 39.2 Å². The van der Waals surface area contributed by atoms with Crippen LogP contribution >= 0.6 is 0 Å². The molecule has 0 unspecified atom stereocenters. The van der Waals surface area contributed by atoms with Crippen LogP contribution in [0.2, 0.25) is 0 Å². The van der Waals surface area contributed by atoms with Crippen molar-refractivity contribution in [2.45, 2.75) is 45.2 Å². The molecule has 1 aromatic carbocycles. The summed E-state index contributed by atoms with van der Waals surface area (Å²) in [6, 6.07) is 9.42. The third kappa shape index (κ3) is 5.56. The SMILES string of the molecule is COCCN(C)C(=O)C1CCN(C2CCN(Cc3ccccc3C)CC2)CC1. The average Bonchev–Trinajstić information content (AvgIpc) is 2.74. The molecule has 2 fully saturated rings. The Morgan fingerprint density at radius 3 is 2.43 bits per heavy atom. The van der Waals surface area contributed by atoms with Gasteiger partial charge in [0.2, 0.25) is 5.91 Å². The molecular formula is C23H37N3O2. The zero-order valence-electron chi connectivity index (χ0n) is 17.9. The molecule has 0 spiro atoms. The van der Waals surface area contributed by atoms with E-state index in [0.717, 1.165) is 32.5 Å². The molecule has 0 N–H and O–H groups in total. The van der Waals surface area contributed by atoms with Gasteiger partial charge in [0.25, 0.3) is 0 Å². The Bertz CT molecular complexity index is 620. The van der Waals surface area contributed by atoms with Crippen LogP contribution in [0.3, 0.4) is 0 Å². The van der Waals surface area contributed by atoms with Crippen LogP contribution in [0.4, 0.5) is 0 Å². The Hall–Kier alpha value is -1.43. The zero-order chi connectivity index (χ0) is 19.9. The first-order chi connectivity index (χ1) is 13.6. The highest BCUT2D eigenvalue weighted by atomic mass is 16.5. The maximum absolute atomic E-state index is 12.6. The van der Waals surface area contributed by atoms with E-state index in [1.165, 1.54) is 37.1 Å². The van der Waals surface area contributed by atoms with Gasteiger partial charge in [-0.1, -0.05) is 24.3 Å². The van der Waals surface area contributed by atoms with Crippen molar-refractivity contribution in [1.82, 2.24) is 14.7 Å². The molecule has 156 valence electrons. The number of carbonyl (C=O) groups excluding carboxylic acids is 1. The van der Waals surface area contributed by atoms with Gasteiger partial charge in [-0.3, -0.25) is 9.69 Å². The third-order valence-corrected chi connectivity index (χ3v) is 6.61. The maximum Gasteiger partial charge on any atom is 0.225 e. The minimum absolute atomic E-state index is 0.194. The van der Waals surface area contributed by atoms with Crippen molar-refractivity contribution in [2.24, 2.45) is 5.92 Å². The molecule has 0 saturated carbocycles.